The molecule has 3 aromatic carbocycles. The Bertz CT molecular complexity index is 1330. The number of pyridine rings is 1. The summed E-state index contributed by atoms with van der Waals surface area (Å²) in [6, 6.07) is 30.7. The molecule has 1 atom stereocenters. The van der Waals surface area contributed by atoms with E-state index in [1.54, 1.807) is 22.9 Å². The molecule has 0 amide bonds. The summed E-state index contributed by atoms with van der Waals surface area (Å²) in [5, 5.41) is 6.20. The molecule has 4 rings (SSSR count). The maximum Gasteiger partial charge on any atom is 0.274 e. The van der Waals surface area contributed by atoms with Gasteiger partial charge in [0.25, 0.3) is 5.56 Å². The van der Waals surface area contributed by atoms with Gasteiger partial charge in [-0.15, -0.1) is 0 Å². The first-order chi connectivity index (χ1) is 16.7. The van der Waals surface area contributed by atoms with E-state index in [1.807, 2.05) is 92.0 Å². The summed E-state index contributed by atoms with van der Waals surface area (Å²) in [6.45, 7) is 0.440. The average Bonchev–Trinajstić information content (AvgIpc) is 2.89. The maximum absolute atomic E-state index is 13.1. The van der Waals surface area contributed by atoms with Crippen LogP contribution in [0.5, 0.6) is 0 Å². The number of aromatic nitrogens is 1. The normalized spacial score (nSPS) is 12.1. The highest BCUT2D eigenvalue weighted by molar-refractivity contribution is 6.16. The third kappa shape index (κ3) is 5.30. The van der Waals surface area contributed by atoms with E-state index in [1.165, 1.54) is 0 Å². The second-order valence-corrected chi connectivity index (χ2v) is 7.71. The van der Waals surface area contributed by atoms with Crippen molar-refractivity contribution in [2.75, 3.05) is 17.7 Å². The Morgan fingerprint density at radius 2 is 1.53 bits per heavy atom. The quantitative estimate of drug-likeness (QED) is 0.293. The molecule has 0 spiro atoms. The number of anilines is 2. The van der Waals surface area contributed by atoms with Crippen LogP contribution in [-0.2, 0) is 11.3 Å². The molecule has 34 heavy (non-hydrogen) atoms. The first kappa shape index (κ1) is 22.7. The Kier molecular flexibility index (Phi) is 7.30. The minimum atomic E-state index is -0.944. The van der Waals surface area contributed by atoms with Gasteiger partial charge in [0.2, 0.25) is 0 Å². The van der Waals surface area contributed by atoms with E-state index in [2.05, 4.69) is 10.6 Å². The van der Waals surface area contributed by atoms with E-state index in [4.69, 9.17) is 4.99 Å². The zero-order valence-corrected chi connectivity index (χ0v) is 18.9. The SMILES string of the molecule is CNc1ccccc1/C(=N\C(C=O)Nc1cccn(Cc2ccccc2)c1=O)c1ccccc1. The Morgan fingerprint density at radius 3 is 2.24 bits per heavy atom. The minimum Gasteiger partial charge on any atom is -0.388 e. The second-order valence-electron chi connectivity index (χ2n) is 7.71. The molecule has 0 aliphatic rings. The molecule has 0 fully saturated rings. The van der Waals surface area contributed by atoms with Crippen molar-refractivity contribution < 1.29 is 4.79 Å². The predicted molar refractivity (Wildman–Crippen MR) is 138 cm³/mol. The number of rotatable bonds is 9. The summed E-state index contributed by atoms with van der Waals surface area (Å²) in [4.78, 5) is 29.9. The van der Waals surface area contributed by atoms with Crippen LogP contribution in [0.3, 0.4) is 0 Å². The molecule has 0 saturated carbocycles. The Balaban J connectivity index is 1.69. The highest BCUT2D eigenvalue weighted by atomic mass is 16.1. The molecular formula is C28H26N4O2. The molecule has 0 aliphatic heterocycles. The van der Waals surface area contributed by atoms with Crippen LogP contribution in [0, 0.1) is 0 Å². The number of carbonyl (C=O) groups excluding carboxylic acids is 1. The monoisotopic (exact) mass is 450 g/mol. The van der Waals surface area contributed by atoms with Crippen LogP contribution in [0.4, 0.5) is 11.4 Å². The van der Waals surface area contributed by atoms with Gasteiger partial charge in [0, 0.05) is 30.1 Å². The van der Waals surface area contributed by atoms with Gasteiger partial charge in [0.15, 0.2) is 12.5 Å². The molecule has 1 unspecified atom stereocenters. The molecule has 6 nitrogen and oxygen atoms in total. The van der Waals surface area contributed by atoms with Crippen LogP contribution in [0.25, 0.3) is 0 Å². The Morgan fingerprint density at radius 1 is 0.882 bits per heavy atom. The van der Waals surface area contributed by atoms with E-state index >= 15 is 0 Å². The molecule has 6 heteroatoms. The van der Waals surface area contributed by atoms with Crippen molar-refractivity contribution in [1.29, 1.82) is 0 Å². The largest absolute Gasteiger partial charge is 0.388 e. The molecule has 170 valence electrons. The van der Waals surface area contributed by atoms with Gasteiger partial charge in [-0.1, -0.05) is 78.9 Å². The van der Waals surface area contributed by atoms with E-state index in [0.717, 1.165) is 22.4 Å². The van der Waals surface area contributed by atoms with Gasteiger partial charge in [0.05, 0.1) is 12.3 Å². The lowest BCUT2D eigenvalue weighted by atomic mass is 10.0. The fourth-order valence-corrected chi connectivity index (χ4v) is 3.75. The van der Waals surface area contributed by atoms with Crippen molar-refractivity contribution in [3.63, 3.8) is 0 Å². The first-order valence-corrected chi connectivity index (χ1v) is 11.0. The molecule has 0 bridgehead atoms. The molecule has 4 aromatic rings. The molecular weight excluding hydrogens is 424 g/mol. The topological polar surface area (TPSA) is 75.5 Å². The van der Waals surface area contributed by atoms with E-state index in [-0.39, 0.29) is 5.56 Å². The summed E-state index contributed by atoms with van der Waals surface area (Å²) < 4.78 is 1.61. The second kappa shape index (κ2) is 10.9. The van der Waals surface area contributed by atoms with Gasteiger partial charge in [0.1, 0.15) is 5.69 Å². The zero-order valence-electron chi connectivity index (χ0n) is 18.9. The van der Waals surface area contributed by atoms with Gasteiger partial charge in [-0.3, -0.25) is 14.6 Å². The van der Waals surface area contributed by atoms with Crippen LogP contribution in [-0.4, -0.2) is 29.8 Å². The van der Waals surface area contributed by atoms with E-state index in [9.17, 15) is 9.59 Å². The highest BCUT2D eigenvalue weighted by Gasteiger charge is 2.15. The fourth-order valence-electron chi connectivity index (χ4n) is 3.75. The smallest absolute Gasteiger partial charge is 0.274 e. The number of nitrogens with one attached hydrogen (secondary N) is 2. The van der Waals surface area contributed by atoms with Crippen LogP contribution in [0.1, 0.15) is 16.7 Å². The summed E-state index contributed by atoms with van der Waals surface area (Å²) in [6.07, 6.45) is 1.50. The number of aldehydes is 1. The number of benzene rings is 3. The van der Waals surface area contributed by atoms with Crippen molar-refractivity contribution in [2.24, 2.45) is 4.99 Å². The maximum atomic E-state index is 13.1. The number of hydrogen-bond acceptors (Lipinski definition) is 5. The van der Waals surface area contributed by atoms with Crippen molar-refractivity contribution in [3.8, 4) is 0 Å². The number of aliphatic imine (C=N–C) groups is 1. The zero-order chi connectivity index (χ0) is 23.8. The van der Waals surface area contributed by atoms with Crippen LogP contribution < -0.4 is 16.2 Å². The summed E-state index contributed by atoms with van der Waals surface area (Å²) in [5.74, 6) is 0. The Hall–Kier alpha value is -4.45. The third-order valence-corrected chi connectivity index (χ3v) is 5.42. The molecule has 2 N–H and O–H groups in total. The Labute approximate surface area is 198 Å². The predicted octanol–water partition coefficient (Wildman–Crippen LogP) is 4.41. The lowest BCUT2D eigenvalue weighted by Crippen LogP contribution is -2.29. The van der Waals surface area contributed by atoms with Crippen molar-refractivity contribution in [2.45, 2.75) is 12.7 Å². The summed E-state index contributed by atoms with van der Waals surface area (Å²) in [5.41, 5.74) is 4.38. The lowest BCUT2D eigenvalue weighted by molar-refractivity contribution is -0.108. The minimum absolute atomic E-state index is 0.217. The van der Waals surface area contributed by atoms with Crippen LogP contribution >= 0.6 is 0 Å². The number of nitrogens with zero attached hydrogens (tertiary/aromatic N) is 2. The lowest BCUT2D eigenvalue weighted by Gasteiger charge is -2.16. The fraction of sp³-hybridized carbons (Fsp3) is 0.107. The molecule has 0 radical (unpaired) electrons. The molecule has 1 heterocycles. The molecule has 0 aliphatic carbocycles. The number of para-hydroxylation sites is 1. The summed E-state index contributed by atoms with van der Waals surface area (Å²) >= 11 is 0. The van der Waals surface area contributed by atoms with Gasteiger partial charge in [-0.25, -0.2) is 0 Å². The third-order valence-electron chi connectivity index (χ3n) is 5.42. The number of hydrogen-bond donors (Lipinski definition) is 2. The van der Waals surface area contributed by atoms with Gasteiger partial charge in [-0.2, -0.15) is 0 Å². The standard InChI is InChI=1S/C28H26N4O2/c1-29-24-16-9-8-15-23(24)27(22-13-6-3-7-14-22)31-26(20-33)30-25-17-10-18-32(28(25)34)19-21-11-4-2-5-12-21/h2-18,20,26,29-30H,19H2,1H3/b31-27-. The molecule has 1 aromatic heterocycles. The van der Waals surface area contributed by atoms with Crippen molar-refractivity contribution >= 4 is 23.4 Å². The van der Waals surface area contributed by atoms with Crippen LogP contribution in [0.2, 0.25) is 0 Å². The van der Waals surface area contributed by atoms with Crippen LogP contribution in [0.15, 0.2) is 113 Å². The first-order valence-electron chi connectivity index (χ1n) is 11.0. The van der Waals surface area contributed by atoms with E-state index in [0.29, 0.717) is 24.2 Å². The van der Waals surface area contributed by atoms with Gasteiger partial charge in [-0.05, 0) is 23.8 Å². The van der Waals surface area contributed by atoms with E-state index < -0.39 is 6.17 Å². The average molecular weight is 451 g/mol. The summed E-state index contributed by atoms with van der Waals surface area (Å²) in [7, 11) is 1.84. The number of carbonyl (C=O) groups is 1. The van der Waals surface area contributed by atoms with Gasteiger partial charge >= 0.3 is 0 Å². The van der Waals surface area contributed by atoms with Gasteiger partial charge < -0.3 is 15.2 Å². The van der Waals surface area contributed by atoms with Crippen molar-refractivity contribution in [1.82, 2.24) is 4.57 Å². The highest BCUT2D eigenvalue weighted by Crippen LogP contribution is 2.20. The molecule has 0 saturated heterocycles. The van der Waals surface area contributed by atoms with Crippen molar-refractivity contribution in [3.05, 3.63) is 130 Å².